The van der Waals surface area contributed by atoms with Gasteiger partial charge in [-0.25, -0.2) is 4.99 Å². The molecule has 1 unspecified atom stereocenters. The van der Waals surface area contributed by atoms with E-state index in [1.54, 1.807) is 0 Å². The van der Waals surface area contributed by atoms with Gasteiger partial charge in [-0.2, -0.15) is 0 Å². The molecular formula is C19H33IN4O. The minimum atomic E-state index is 0. The van der Waals surface area contributed by atoms with Crippen molar-refractivity contribution >= 4 is 29.9 Å². The first kappa shape index (κ1) is 22.2. The molecule has 1 aromatic carbocycles. The zero-order valence-electron chi connectivity index (χ0n) is 15.9. The Bertz CT molecular complexity index is 501. The van der Waals surface area contributed by atoms with Crippen molar-refractivity contribution < 1.29 is 4.74 Å². The number of nitrogens with one attached hydrogen (secondary N) is 1. The molecule has 0 aromatic heterocycles. The third-order valence-electron chi connectivity index (χ3n) is 4.43. The molecule has 1 aromatic rings. The van der Waals surface area contributed by atoms with Crippen LogP contribution in [0.4, 0.5) is 0 Å². The minimum Gasteiger partial charge on any atom is -0.379 e. The van der Waals surface area contributed by atoms with E-state index in [9.17, 15) is 0 Å². The molecule has 1 N–H and O–H groups in total. The number of guanidine groups is 1. The van der Waals surface area contributed by atoms with Gasteiger partial charge in [-0.3, -0.25) is 4.90 Å². The van der Waals surface area contributed by atoms with E-state index in [0.29, 0.717) is 18.5 Å². The van der Waals surface area contributed by atoms with Crippen molar-refractivity contribution in [1.29, 1.82) is 0 Å². The third kappa shape index (κ3) is 7.50. The van der Waals surface area contributed by atoms with Gasteiger partial charge in [-0.05, 0) is 11.5 Å². The molecule has 5 nitrogen and oxygen atoms in total. The molecule has 1 aliphatic heterocycles. The fourth-order valence-corrected chi connectivity index (χ4v) is 3.00. The van der Waals surface area contributed by atoms with Gasteiger partial charge in [-0.15, -0.1) is 24.0 Å². The molecule has 1 aliphatic rings. The van der Waals surface area contributed by atoms with Crippen molar-refractivity contribution in [3.63, 3.8) is 0 Å². The van der Waals surface area contributed by atoms with Gasteiger partial charge in [-0.1, -0.05) is 44.2 Å². The van der Waals surface area contributed by atoms with Crippen LogP contribution >= 0.6 is 24.0 Å². The standard InChI is InChI=1S/C19H32N4O.HI/c1-16(2)18(23-10-12-24-13-11-23)15-21-19(22(3)4)20-14-17-8-6-5-7-9-17;/h5-9,16,18H,10-15H2,1-4H3,(H,20,21);1H. The molecule has 0 radical (unpaired) electrons. The molecule has 1 saturated heterocycles. The number of morpholine rings is 1. The third-order valence-corrected chi connectivity index (χ3v) is 4.43. The van der Waals surface area contributed by atoms with Gasteiger partial charge >= 0.3 is 0 Å². The summed E-state index contributed by atoms with van der Waals surface area (Å²) in [6.07, 6.45) is 0. The smallest absolute Gasteiger partial charge is 0.193 e. The summed E-state index contributed by atoms with van der Waals surface area (Å²) in [4.78, 5) is 9.35. The second-order valence-corrected chi connectivity index (χ2v) is 6.86. The Morgan fingerprint density at radius 1 is 1.20 bits per heavy atom. The van der Waals surface area contributed by atoms with Crippen LogP contribution in [0.25, 0.3) is 0 Å². The average molecular weight is 460 g/mol. The summed E-state index contributed by atoms with van der Waals surface area (Å²) in [6.45, 7) is 9.90. The van der Waals surface area contributed by atoms with Gasteiger partial charge in [0.25, 0.3) is 0 Å². The van der Waals surface area contributed by atoms with Crippen molar-refractivity contribution in [2.24, 2.45) is 10.9 Å². The van der Waals surface area contributed by atoms with Crippen molar-refractivity contribution in [2.45, 2.75) is 26.4 Å². The molecule has 0 aliphatic carbocycles. The molecule has 25 heavy (non-hydrogen) atoms. The fourth-order valence-electron chi connectivity index (χ4n) is 3.00. The van der Waals surface area contributed by atoms with Crippen LogP contribution < -0.4 is 5.32 Å². The van der Waals surface area contributed by atoms with Crippen LogP contribution in [0.3, 0.4) is 0 Å². The molecule has 0 spiro atoms. The summed E-state index contributed by atoms with van der Waals surface area (Å²) in [7, 11) is 4.08. The van der Waals surface area contributed by atoms with E-state index in [0.717, 1.165) is 38.8 Å². The molecule has 2 rings (SSSR count). The highest BCUT2D eigenvalue weighted by atomic mass is 127. The molecule has 0 bridgehead atoms. The minimum absolute atomic E-state index is 0. The molecular weight excluding hydrogens is 427 g/mol. The highest BCUT2D eigenvalue weighted by Gasteiger charge is 2.24. The van der Waals surface area contributed by atoms with Crippen LogP contribution in [-0.2, 0) is 11.3 Å². The second-order valence-electron chi connectivity index (χ2n) is 6.86. The average Bonchev–Trinajstić information content (AvgIpc) is 2.59. The Morgan fingerprint density at radius 2 is 1.84 bits per heavy atom. The maximum Gasteiger partial charge on any atom is 0.193 e. The summed E-state index contributed by atoms with van der Waals surface area (Å²) in [5.74, 6) is 1.53. The molecule has 0 saturated carbocycles. The Hall–Kier alpha value is -0.860. The van der Waals surface area contributed by atoms with E-state index in [1.807, 2.05) is 20.2 Å². The topological polar surface area (TPSA) is 40.1 Å². The lowest BCUT2D eigenvalue weighted by Gasteiger charge is -2.37. The maximum absolute atomic E-state index is 5.49. The number of rotatable bonds is 6. The van der Waals surface area contributed by atoms with Crippen LogP contribution in [0.2, 0.25) is 0 Å². The number of halogens is 1. The first-order valence-electron chi connectivity index (χ1n) is 8.89. The van der Waals surface area contributed by atoms with Crippen LogP contribution in [0, 0.1) is 5.92 Å². The zero-order chi connectivity index (χ0) is 17.4. The number of aliphatic imine (C=N–C) groups is 1. The normalized spacial score (nSPS) is 17.1. The summed E-state index contributed by atoms with van der Waals surface area (Å²) in [5, 5.41) is 3.56. The fraction of sp³-hybridized carbons (Fsp3) is 0.632. The van der Waals surface area contributed by atoms with Crippen LogP contribution in [0.15, 0.2) is 35.3 Å². The van der Waals surface area contributed by atoms with Gasteiger partial charge in [0.2, 0.25) is 0 Å². The molecule has 6 heteroatoms. The van der Waals surface area contributed by atoms with Crippen molar-refractivity contribution in [1.82, 2.24) is 15.1 Å². The highest BCUT2D eigenvalue weighted by molar-refractivity contribution is 14.0. The van der Waals surface area contributed by atoms with Gasteiger partial charge in [0, 0.05) is 39.8 Å². The van der Waals surface area contributed by atoms with Crippen molar-refractivity contribution in [2.75, 3.05) is 46.9 Å². The van der Waals surface area contributed by atoms with E-state index < -0.39 is 0 Å². The second kappa shape index (κ2) is 11.7. The highest BCUT2D eigenvalue weighted by Crippen LogP contribution is 2.12. The Kier molecular flexibility index (Phi) is 10.4. The Balaban J connectivity index is 0.00000312. The quantitative estimate of drug-likeness (QED) is 0.403. The van der Waals surface area contributed by atoms with Crippen LogP contribution in [-0.4, -0.2) is 68.7 Å². The van der Waals surface area contributed by atoms with E-state index >= 15 is 0 Å². The Labute approximate surface area is 169 Å². The van der Waals surface area contributed by atoms with Crippen LogP contribution in [0.1, 0.15) is 19.4 Å². The van der Waals surface area contributed by atoms with E-state index in [2.05, 4.69) is 53.2 Å². The lowest BCUT2D eigenvalue weighted by molar-refractivity contribution is 0.00744. The van der Waals surface area contributed by atoms with E-state index in [-0.39, 0.29) is 24.0 Å². The van der Waals surface area contributed by atoms with Crippen molar-refractivity contribution in [3.05, 3.63) is 35.9 Å². The summed E-state index contributed by atoms with van der Waals surface area (Å²) < 4.78 is 5.49. The van der Waals surface area contributed by atoms with E-state index in [1.165, 1.54) is 5.56 Å². The molecule has 1 atom stereocenters. The molecule has 1 fully saturated rings. The monoisotopic (exact) mass is 460 g/mol. The lowest BCUT2D eigenvalue weighted by Crippen LogP contribution is -2.52. The van der Waals surface area contributed by atoms with Gasteiger partial charge in [0.1, 0.15) is 0 Å². The first-order chi connectivity index (χ1) is 11.6. The summed E-state index contributed by atoms with van der Waals surface area (Å²) in [6, 6.07) is 10.9. The number of nitrogens with zero attached hydrogens (tertiary/aromatic N) is 3. The number of ether oxygens (including phenoxy) is 1. The zero-order valence-corrected chi connectivity index (χ0v) is 18.3. The Morgan fingerprint density at radius 3 is 2.40 bits per heavy atom. The summed E-state index contributed by atoms with van der Waals surface area (Å²) in [5.41, 5.74) is 1.23. The summed E-state index contributed by atoms with van der Waals surface area (Å²) >= 11 is 0. The lowest BCUT2D eigenvalue weighted by atomic mass is 10.0. The molecule has 1 heterocycles. The number of hydrogen-bond acceptors (Lipinski definition) is 3. The van der Waals surface area contributed by atoms with Gasteiger partial charge in [0.15, 0.2) is 5.96 Å². The predicted molar refractivity (Wildman–Crippen MR) is 116 cm³/mol. The molecule has 142 valence electrons. The van der Waals surface area contributed by atoms with Gasteiger partial charge < -0.3 is 15.0 Å². The first-order valence-corrected chi connectivity index (χ1v) is 8.89. The SMILES string of the molecule is CC(C)C(CNC(=NCc1ccccc1)N(C)C)N1CCOCC1.I. The van der Waals surface area contributed by atoms with Crippen LogP contribution in [0.5, 0.6) is 0 Å². The van der Waals surface area contributed by atoms with Crippen molar-refractivity contribution in [3.8, 4) is 0 Å². The largest absolute Gasteiger partial charge is 0.379 e. The maximum atomic E-state index is 5.49. The molecule has 0 amide bonds. The van der Waals surface area contributed by atoms with Gasteiger partial charge in [0.05, 0.1) is 19.8 Å². The van der Waals surface area contributed by atoms with E-state index in [4.69, 9.17) is 9.73 Å². The predicted octanol–water partition coefficient (Wildman–Crippen LogP) is 2.67. The number of hydrogen-bond donors (Lipinski definition) is 1. The number of benzene rings is 1.